The van der Waals surface area contributed by atoms with E-state index in [0.29, 0.717) is 11.8 Å². The van der Waals surface area contributed by atoms with E-state index in [9.17, 15) is 0 Å². The van der Waals surface area contributed by atoms with Crippen molar-refractivity contribution in [2.24, 2.45) is 5.92 Å². The first-order chi connectivity index (χ1) is 6.00. The lowest BCUT2D eigenvalue weighted by Gasteiger charge is -2.00. The van der Waals surface area contributed by atoms with Gasteiger partial charge in [-0.2, -0.15) is 0 Å². The van der Waals surface area contributed by atoms with Gasteiger partial charge >= 0.3 is 0 Å². The van der Waals surface area contributed by atoms with Crippen LogP contribution in [0.3, 0.4) is 0 Å². The monoisotopic (exact) mass is 197 g/mol. The summed E-state index contributed by atoms with van der Waals surface area (Å²) in [7, 11) is 0. The first-order valence-electron chi connectivity index (χ1n) is 4.97. The molecule has 0 saturated heterocycles. The summed E-state index contributed by atoms with van der Waals surface area (Å²) in [4.78, 5) is 6.06. The van der Waals surface area contributed by atoms with E-state index < -0.39 is 0 Å². The molecule has 0 unspecified atom stereocenters. The van der Waals surface area contributed by atoms with E-state index in [-0.39, 0.29) is 0 Å². The van der Waals surface area contributed by atoms with Gasteiger partial charge in [0.25, 0.3) is 0 Å². The van der Waals surface area contributed by atoms with Crippen LogP contribution < -0.4 is 0 Å². The summed E-state index contributed by atoms with van der Waals surface area (Å²) in [6.45, 7) is 11.1. The molecule has 2 heteroatoms. The Balaban J connectivity index is 2.82. The van der Waals surface area contributed by atoms with E-state index in [0.717, 1.165) is 6.42 Å². The lowest BCUT2D eigenvalue weighted by molar-refractivity contribution is 0.641. The fourth-order valence-electron chi connectivity index (χ4n) is 1.44. The molecule has 0 spiro atoms. The number of hydrogen-bond acceptors (Lipinski definition) is 2. The van der Waals surface area contributed by atoms with Crippen molar-refractivity contribution in [3.8, 4) is 0 Å². The molecule has 13 heavy (non-hydrogen) atoms. The maximum Gasteiger partial charge on any atom is 0.0933 e. The van der Waals surface area contributed by atoms with Crippen molar-refractivity contribution in [3.63, 3.8) is 0 Å². The molecular weight excluding hydrogens is 178 g/mol. The van der Waals surface area contributed by atoms with Crippen LogP contribution in [-0.2, 0) is 6.42 Å². The molecule has 0 saturated carbocycles. The topological polar surface area (TPSA) is 12.9 Å². The van der Waals surface area contributed by atoms with Crippen LogP contribution in [0.2, 0.25) is 0 Å². The minimum atomic E-state index is 0.567. The Morgan fingerprint density at radius 3 is 2.23 bits per heavy atom. The normalized spacial score (nSPS) is 11.6. The summed E-state index contributed by atoms with van der Waals surface area (Å²) >= 11 is 1.86. The Morgan fingerprint density at radius 1 is 1.23 bits per heavy atom. The maximum absolute atomic E-state index is 4.67. The second kappa shape index (κ2) is 4.23. The van der Waals surface area contributed by atoms with Crippen molar-refractivity contribution >= 4 is 11.3 Å². The van der Waals surface area contributed by atoms with E-state index in [1.54, 1.807) is 0 Å². The van der Waals surface area contributed by atoms with Gasteiger partial charge in [0, 0.05) is 11.3 Å². The van der Waals surface area contributed by atoms with Gasteiger partial charge in [-0.3, -0.25) is 0 Å². The smallest absolute Gasteiger partial charge is 0.0933 e. The van der Waals surface area contributed by atoms with Crippen LogP contribution >= 0.6 is 11.3 Å². The van der Waals surface area contributed by atoms with Crippen molar-refractivity contribution in [1.82, 2.24) is 4.98 Å². The van der Waals surface area contributed by atoms with Crippen LogP contribution in [0.5, 0.6) is 0 Å². The number of nitrogens with zero attached hydrogens (tertiary/aromatic N) is 1. The highest BCUT2D eigenvalue weighted by molar-refractivity contribution is 7.11. The Bertz CT molecular complexity index is 274. The van der Waals surface area contributed by atoms with Gasteiger partial charge in [-0.25, -0.2) is 4.98 Å². The second-order valence-electron chi connectivity index (χ2n) is 4.30. The number of aromatic nitrogens is 1. The molecule has 0 fully saturated rings. The molecular formula is C11H19NS. The third-order valence-electron chi connectivity index (χ3n) is 2.01. The average molecular weight is 197 g/mol. The van der Waals surface area contributed by atoms with Crippen LogP contribution in [0, 0.1) is 12.8 Å². The summed E-state index contributed by atoms with van der Waals surface area (Å²) in [5, 5.41) is 1.30. The summed E-state index contributed by atoms with van der Waals surface area (Å²) in [5.41, 5.74) is 1.29. The predicted molar refractivity (Wildman–Crippen MR) is 59.5 cm³/mol. The number of aryl methyl sites for hydroxylation is 1. The lowest BCUT2D eigenvalue weighted by Crippen LogP contribution is -1.95. The Morgan fingerprint density at radius 2 is 1.85 bits per heavy atom. The van der Waals surface area contributed by atoms with Gasteiger partial charge in [0.1, 0.15) is 0 Å². The molecule has 0 aliphatic rings. The Kier molecular flexibility index (Phi) is 3.48. The molecule has 0 atom stereocenters. The summed E-state index contributed by atoms with van der Waals surface area (Å²) in [6.07, 6.45) is 1.12. The van der Waals surface area contributed by atoms with Gasteiger partial charge in [0.05, 0.1) is 10.7 Å². The molecule has 0 bridgehead atoms. The van der Waals surface area contributed by atoms with Crippen LogP contribution in [0.25, 0.3) is 0 Å². The molecule has 0 aromatic carbocycles. The molecule has 1 aromatic rings. The number of rotatable bonds is 3. The Labute approximate surface area is 85.2 Å². The molecule has 1 nitrogen and oxygen atoms in total. The molecule has 0 N–H and O–H groups in total. The zero-order valence-electron chi connectivity index (χ0n) is 9.22. The molecule has 1 aromatic heterocycles. The summed E-state index contributed by atoms with van der Waals surface area (Å²) < 4.78 is 0. The SMILES string of the molecule is Cc1sc(CC(C)C)nc1C(C)C. The fourth-order valence-corrected chi connectivity index (χ4v) is 2.74. The van der Waals surface area contributed by atoms with E-state index in [1.807, 2.05) is 11.3 Å². The zero-order chi connectivity index (χ0) is 10.0. The van der Waals surface area contributed by atoms with Crippen LogP contribution in [-0.4, -0.2) is 4.98 Å². The molecule has 0 radical (unpaired) electrons. The largest absolute Gasteiger partial charge is 0.246 e. The van der Waals surface area contributed by atoms with Crippen LogP contribution in [0.15, 0.2) is 0 Å². The quantitative estimate of drug-likeness (QED) is 0.718. The maximum atomic E-state index is 4.67. The van der Waals surface area contributed by atoms with Crippen molar-refractivity contribution in [2.45, 2.75) is 47.0 Å². The molecule has 1 heterocycles. The highest BCUT2D eigenvalue weighted by Crippen LogP contribution is 2.25. The van der Waals surface area contributed by atoms with Gasteiger partial charge < -0.3 is 0 Å². The molecule has 0 amide bonds. The predicted octanol–water partition coefficient (Wildman–Crippen LogP) is 3.77. The van der Waals surface area contributed by atoms with E-state index in [4.69, 9.17) is 0 Å². The minimum absolute atomic E-state index is 0.567. The Hall–Kier alpha value is -0.370. The summed E-state index contributed by atoms with van der Waals surface area (Å²) in [6, 6.07) is 0. The lowest BCUT2D eigenvalue weighted by atomic mass is 10.1. The number of hydrogen-bond donors (Lipinski definition) is 0. The van der Waals surface area contributed by atoms with Crippen LogP contribution in [0.1, 0.15) is 49.2 Å². The molecule has 1 rings (SSSR count). The third kappa shape index (κ3) is 2.80. The second-order valence-corrected chi connectivity index (χ2v) is 5.59. The minimum Gasteiger partial charge on any atom is -0.246 e. The van der Waals surface area contributed by atoms with Crippen molar-refractivity contribution in [2.75, 3.05) is 0 Å². The highest BCUT2D eigenvalue weighted by Gasteiger charge is 2.11. The molecule has 0 aliphatic heterocycles. The fraction of sp³-hybridized carbons (Fsp3) is 0.727. The standard InChI is InChI=1S/C11H19NS/c1-7(2)6-10-12-11(8(3)4)9(5)13-10/h7-8H,6H2,1-5H3. The van der Waals surface area contributed by atoms with Crippen molar-refractivity contribution in [1.29, 1.82) is 0 Å². The van der Waals surface area contributed by atoms with E-state index in [2.05, 4.69) is 39.6 Å². The van der Waals surface area contributed by atoms with Crippen molar-refractivity contribution < 1.29 is 0 Å². The molecule has 74 valence electrons. The van der Waals surface area contributed by atoms with Gasteiger partial charge in [-0.05, 0) is 18.8 Å². The third-order valence-corrected chi connectivity index (χ3v) is 3.02. The average Bonchev–Trinajstić information content (AvgIpc) is 2.29. The van der Waals surface area contributed by atoms with E-state index in [1.165, 1.54) is 15.6 Å². The highest BCUT2D eigenvalue weighted by atomic mass is 32.1. The van der Waals surface area contributed by atoms with Gasteiger partial charge in [-0.1, -0.05) is 27.7 Å². The summed E-state index contributed by atoms with van der Waals surface area (Å²) in [5.74, 6) is 1.28. The van der Waals surface area contributed by atoms with E-state index >= 15 is 0 Å². The number of thiazole rings is 1. The van der Waals surface area contributed by atoms with Gasteiger partial charge in [0.15, 0.2) is 0 Å². The molecule has 0 aliphatic carbocycles. The van der Waals surface area contributed by atoms with Gasteiger partial charge in [0.2, 0.25) is 0 Å². The van der Waals surface area contributed by atoms with Gasteiger partial charge in [-0.15, -0.1) is 11.3 Å². The van der Waals surface area contributed by atoms with Crippen LogP contribution in [0.4, 0.5) is 0 Å². The first-order valence-corrected chi connectivity index (χ1v) is 5.78. The zero-order valence-corrected chi connectivity index (χ0v) is 10.0. The first kappa shape index (κ1) is 10.7. The van der Waals surface area contributed by atoms with Crippen molar-refractivity contribution in [3.05, 3.63) is 15.6 Å².